The zero-order chi connectivity index (χ0) is 31.0. The van der Waals surface area contributed by atoms with E-state index in [4.69, 9.17) is 9.47 Å². The molecule has 3 aromatic heterocycles. The molecule has 232 valence electrons. The first-order chi connectivity index (χ1) is 22.4. The molecule has 0 saturated carbocycles. The van der Waals surface area contributed by atoms with Crippen molar-refractivity contribution in [1.82, 2.24) is 13.7 Å². The molecular weight excluding hydrogens is 566 g/mol. The Morgan fingerprint density at radius 1 is 0.587 bits per heavy atom. The molecule has 0 bridgehead atoms. The van der Waals surface area contributed by atoms with Gasteiger partial charge in [0.05, 0.1) is 26.4 Å². The number of nitrogens with zero attached hydrogens (tertiary/aromatic N) is 3. The normalized spacial score (nSPS) is 17.3. The molecular formula is C41H41N3O2. The zero-order valence-corrected chi connectivity index (χ0v) is 27.0. The van der Waals surface area contributed by atoms with Crippen molar-refractivity contribution in [2.45, 2.75) is 46.3 Å². The third kappa shape index (κ3) is 4.29. The summed E-state index contributed by atoms with van der Waals surface area (Å²) in [4.78, 5) is 0. The first-order valence-electron chi connectivity index (χ1n) is 16.8. The van der Waals surface area contributed by atoms with E-state index in [-0.39, 0.29) is 16.7 Å². The fourth-order valence-corrected chi connectivity index (χ4v) is 8.30. The van der Waals surface area contributed by atoms with Gasteiger partial charge in [0.25, 0.3) is 0 Å². The number of rotatable bonds is 8. The Morgan fingerprint density at radius 3 is 1.57 bits per heavy atom. The molecule has 0 atom stereocenters. The monoisotopic (exact) mass is 607 g/mol. The average molecular weight is 608 g/mol. The van der Waals surface area contributed by atoms with Crippen LogP contribution in [0.25, 0.3) is 43.6 Å². The Hall–Kier alpha value is -4.32. The maximum atomic E-state index is 5.68. The van der Waals surface area contributed by atoms with Crippen molar-refractivity contribution >= 4 is 43.6 Å². The van der Waals surface area contributed by atoms with Crippen molar-refractivity contribution in [3.05, 3.63) is 120 Å². The second-order valence-electron chi connectivity index (χ2n) is 14.5. The van der Waals surface area contributed by atoms with Crippen LogP contribution in [0.1, 0.15) is 43.4 Å². The van der Waals surface area contributed by atoms with Gasteiger partial charge in [-0.1, -0.05) is 74.5 Å². The fourth-order valence-electron chi connectivity index (χ4n) is 8.30. The van der Waals surface area contributed by atoms with Crippen LogP contribution in [0.15, 0.2) is 103 Å². The second kappa shape index (κ2) is 10.3. The largest absolute Gasteiger partial charge is 0.380 e. The van der Waals surface area contributed by atoms with Crippen LogP contribution < -0.4 is 0 Å². The number of hydrogen-bond acceptors (Lipinski definition) is 2. The van der Waals surface area contributed by atoms with Crippen LogP contribution in [0.5, 0.6) is 0 Å². The number of fused-ring (bicyclic) bond motifs is 5. The lowest BCUT2D eigenvalue weighted by molar-refractivity contribution is -0.109. The van der Waals surface area contributed by atoms with Gasteiger partial charge < -0.3 is 23.2 Å². The van der Waals surface area contributed by atoms with Crippen molar-refractivity contribution in [2.75, 3.05) is 26.4 Å². The van der Waals surface area contributed by atoms with E-state index < -0.39 is 0 Å². The molecule has 2 fully saturated rings. The molecule has 0 amide bonds. The molecule has 0 N–H and O–H groups in total. The van der Waals surface area contributed by atoms with Crippen LogP contribution in [0, 0.1) is 10.8 Å². The number of ether oxygens (including phenoxy) is 2. The van der Waals surface area contributed by atoms with E-state index in [9.17, 15) is 0 Å². The van der Waals surface area contributed by atoms with Gasteiger partial charge in [-0.15, -0.1) is 0 Å². The molecule has 0 radical (unpaired) electrons. The third-order valence-electron chi connectivity index (χ3n) is 10.6. The van der Waals surface area contributed by atoms with Crippen molar-refractivity contribution in [3.63, 3.8) is 0 Å². The molecule has 2 aliphatic heterocycles. The number of benzene rings is 4. The van der Waals surface area contributed by atoms with E-state index >= 15 is 0 Å². The predicted octanol–water partition coefficient (Wildman–Crippen LogP) is 8.98. The third-order valence-corrected chi connectivity index (χ3v) is 10.6. The van der Waals surface area contributed by atoms with Gasteiger partial charge >= 0.3 is 0 Å². The van der Waals surface area contributed by atoms with Gasteiger partial charge in [-0.25, -0.2) is 0 Å². The summed E-state index contributed by atoms with van der Waals surface area (Å²) in [5.41, 5.74) is 9.55. The standard InChI is InChI=1S/C41H41N3O2/c1-4-44-37-16-10-7-11-29(37)32-19-28(17-18-38(32)44)39(33-20-42(22-40(2)24-45-25-40)35-14-8-5-12-30(33)35)34-21-43(23-41(3)26-46-27-41)36-15-9-6-13-31(34)36/h5-21,39H,4,22-27H2,1-3H3. The molecule has 2 aliphatic rings. The highest BCUT2D eigenvalue weighted by Crippen LogP contribution is 2.44. The molecule has 0 aliphatic carbocycles. The molecule has 5 heteroatoms. The van der Waals surface area contributed by atoms with Gasteiger partial charge in [0.15, 0.2) is 0 Å². The van der Waals surface area contributed by atoms with Crippen LogP contribution in [-0.2, 0) is 29.1 Å². The molecule has 46 heavy (non-hydrogen) atoms. The van der Waals surface area contributed by atoms with Gasteiger partial charge in [0, 0.05) is 92.4 Å². The molecule has 0 spiro atoms. The van der Waals surface area contributed by atoms with Crippen molar-refractivity contribution in [3.8, 4) is 0 Å². The summed E-state index contributed by atoms with van der Waals surface area (Å²) in [7, 11) is 0. The summed E-state index contributed by atoms with van der Waals surface area (Å²) in [6.45, 7) is 13.0. The smallest absolute Gasteiger partial charge is 0.0559 e. The van der Waals surface area contributed by atoms with Crippen molar-refractivity contribution in [1.29, 1.82) is 0 Å². The summed E-state index contributed by atoms with van der Waals surface area (Å²) in [6, 6.07) is 34.1. The summed E-state index contributed by atoms with van der Waals surface area (Å²) >= 11 is 0. The second-order valence-corrected chi connectivity index (χ2v) is 14.5. The Bertz CT molecular complexity index is 2160. The van der Waals surface area contributed by atoms with Crippen molar-refractivity contribution in [2.24, 2.45) is 10.8 Å². The summed E-state index contributed by atoms with van der Waals surface area (Å²) < 4.78 is 18.8. The van der Waals surface area contributed by atoms with Gasteiger partial charge in [-0.2, -0.15) is 0 Å². The lowest BCUT2D eigenvalue weighted by atomic mass is 9.84. The van der Waals surface area contributed by atoms with E-state index in [1.807, 2.05) is 0 Å². The molecule has 5 nitrogen and oxygen atoms in total. The SMILES string of the molecule is CCn1c2ccccc2c2cc(C(c3cn(CC4(C)COC4)c4ccccc34)c3cn(CC4(C)COC4)c4ccccc34)ccc21. The quantitative estimate of drug-likeness (QED) is 0.173. The number of para-hydroxylation sites is 3. The first-order valence-corrected chi connectivity index (χ1v) is 16.8. The van der Waals surface area contributed by atoms with Crippen LogP contribution in [0.2, 0.25) is 0 Å². The van der Waals surface area contributed by atoms with E-state index in [1.54, 1.807) is 0 Å². The Labute approximate surface area is 269 Å². The van der Waals surface area contributed by atoms with Crippen LogP contribution in [-0.4, -0.2) is 40.1 Å². The first kappa shape index (κ1) is 27.9. The number of aryl methyl sites for hydroxylation is 1. The summed E-state index contributed by atoms with van der Waals surface area (Å²) in [5, 5.41) is 5.29. The fraction of sp³-hybridized carbons (Fsp3) is 0.317. The maximum absolute atomic E-state index is 5.68. The molecule has 4 aromatic carbocycles. The van der Waals surface area contributed by atoms with Gasteiger partial charge in [-0.3, -0.25) is 0 Å². The van der Waals surface area contributed by atoms with Crippen LogP contribution in [0.3, 0.4) is 0 Å². The molecule has 9 rings (SSSR count). The van der Waals surface area contributed by atoms with Crippen LogP contribution >= 0.6 is 0 Å². The van der Waals surface area contributed by atoms with E-state index in [0.717, 1.165) is 46.1 Å². The lowest BCUT2D eigenvalue weighted by Gasteiger charge is -2.38. The number of hydrogen-bond donors (Lipinski definition) is 0. The van der Waals surface area contributed by atoms with E-state index in [1.165, 1.54) is 60.3 Å². The van der Waals surface area contributed by atoms with Gasteiger partial charge in [0.1, 0.15) is 0 Å². The summed E-state index contributed by atoms with van der Waals surface area (Å²) in [5.74, 6) is 0.0568. The minimum Gasteiger partial charge on any atom is -0.380 e. The highest BCUT2D eigenvalue weighted by atomic mass is 16.5. The Balaban J connectivity index is 1.31. The average Bonchev–Trinajstić information content (AvgIpc) is 3.70. The topological polar surface area (TPSA) is 33.2 Å². The minimum absolute atomic E-state index is 0.0568. The highest BCUT2D eigenvalue weighted by molar-refractivity contribution is 6.08. The lowest BCUT2D eigenvalue weighted by Crippen LogP contribution is -2.43. The Kier molecular flexibility index (Phi) is 6.29. The molecule has 7 aromatic rings. The predicted molar refractivity (Wildman–Crippen MR) is 188 cm³/mol. The van der Waals surface area contributed by atoms with E-state index in [2.05, 4.69) is 138 Å². The molecule has 2 saturated heterocycles. The minimum atomic E-state index is 0.0568. The zero-order valence-electron chi connectivity index (χ0n) is 27.0. The van der Waals surface area contributed by atoms with Gasteiger partial charge in [0.2, 0.25) is 0 Å². The highest BCUT2D eigenvalue weighted by Gasteiger charge is 2.36. The van der Waals surface area contributed by atoms with E-state index in [0.29, 0.717) is 0 Å². The molecule has 5 heterocycles. The summed E-state index contributed by atoms with van der Waals surface area (Å²) in [6.07, 6.45) is 4.90. The Morgan fingerprint density at radius 2 is 1.07 bits per heavy atom. The maximum Gasteiger partial charge on any atom is 0.0559 e. The molecule has 0 unspecified atom stereocenters. The number of aromatic nitrogens is 3. The van der Waals surface area contributed by atoms with Crippen LogP contribution in [0.4, 0.5) is 0 Å². The van der Waals surface area contributed by atoms with Crippen molar-refractivity contribution < 1.29 is 9.47 Å². The van der Waals surface area contributed by atoms with Gasteiger partial charge in [-0.05, 0) is 53.9 Å².